The van der Waals surface area contributed by atoms with E-state index in [4.69, 9.17) is 4.98 Å². The molecular weight excluding hydrogens is 567 g/mol. The van der Waals surface area contributed by atoms with Crippen LogP contribution in [0.25, 0.3) is 65.6 Å². The van der Waals surface area contributed by atoms with E-state index in [9.17, 15) is 0 Å². The lowest BCUT2D eigenvalue weighted by molar-refractivity contribution is 0.774. The van der Waals surface area contributed by atoms with Crippen molar-refractivity contribution in [3.63, 3.8) is 0 Å². The lowest BCUT2D eigenvalue weighted by atomic mass is 9.67. The summed E-state index contributed by atoms with van der Waals surface area (Å²) in [5.74, 6) is 0. The molecule has 0 fully saturated rings. The number of nitrogens with zero attached hydrogens (tertiary/aromatic N) is 1. The summed E-state index contributed by atoms with van der Waals surface area (Å²) in [7, 11) is 0. The molecule has 0 bridgehead atoms. The largest absolute Gasteiger partial charge is 0.247 e. The van der Waals surface area contributed by atoms with Gasteiger partial charge >= 0.3 is 0 Å². The predicted octanol–water partition coefficient (Wildman–Crippen LogP) is 11.7. The van der Waals surface area contributed by atoms with Crippen LogP contribution in [0.4, 0.5) is 0 Å². The van der Waals surface area contributed by atoms with E-state index >= 15 is 0 Å². The molecule has 1 aromatic heterocycles. The quantitative estimate of drug-likeness (QED) is 0.185. The summed E-state index contributed by atoms with van der Waals surface area (Å²) in [5, 5.41) is 10.1. The van der Waals surface area contributed by atoms with Gasteiger partial charge in [-0.05, 0) is 60.5 Å². The molecule has 0 unspecified atom stereocenters. The Labute approximate surface area is 273 Å². The van der Waals surface area contributed by atoms with Crippen LogP contribution in [-0.4, -0.2) is 4.98 Å². The number of rotatable bonds is 3. The van der Waals surface area contributed by atoms with Gasteiger partial charge in [-0.2, -0.15) is 0 Å². The highest BCUT2D eigenvalue weighted by Crippen LogP contribution is 2.58. The average molecular weight is 596 g/mol. The molecule has 9 aromatic rings. The number of pyridine rings is 1. The van der Waals surface area contributed by atoms with Crippen molar-refractivity contribution in [1.82, 2.24) is 4.98 Å². The Morgan fingerprint density at radius 3 is 1.43 bits per heavy atom. The van der Waals surface area contributed by atoms with Crippen LogP contribution in [0.1, 0.15) is 22.3 Å². The van der Waals surface area contributed by atoms with Gasteiger partial charge in [-0.15, -0.1) is 0 Å². The minimum atomic E-state index is -0.502. The first kappa shape index (κ1) is 26.2. The van der Waals surface area contributed by atoms with E-state index in [1.165, 1.54) is 70.9 Å². The van der Waals surface area contributed by atoms with E-state index in [-0.39, 0.29) is 0 Å². The zero-order valence-electron chi connectivity index (χ0n) is 25.7. The maximum atomic E-state index is 5.69. The molecule has 1 nitrogen and oxygen atoms in total. The smallest absolute Gasteiger partial charge is 0.0788 e. The van der Waals surface area contributed by atoms with Gasteiger partial charge in [0.25, 0.3) is 0 Å². The number of hydrogen-bond donors (Lipinski definition) is 0. The van der Waals surface area contributed by atoms with Gasteiger partial charge in [-0.25, -0.2) is 4.98 Å². The second kappa shape index (κ2) is 9.97. The minimum absolute atomic E-state index is 0.502. The Bertz CT molecular complexity index is 2600. The molecule has 0 radical (unpaired) electrons. The molecule has 1 heteroatoms. The van der Waals surface area contributed by atoms with Crippen LogP contribution < -0.4 is 0 Å². The van der Waals surface area contributed by atoms with Crippen molar-refractivity contribution < 1.29 is 0 Å². The van der Waals surface area contributed by atoms with Crippen molar-refractivity contribution in [3.8, 4) is 22.5 Å². The van der Waals surface area contributed by atoms with Gasteiger partial charge in [0.1, 0.15) is 0 Å². The zero-order valence-corrected chi connectivity index (χ0v) is 25.7. The molecule has 0 amide bonds. The highest BCUT2D eigenvalue weighted by molar-refractivity contribution is 6.26. The average Bonchev–Trinajstić information content (AvgIpc) is 3.46. The molecule has 1 aliphatic carbocycles. The maximum absolute atomic E-state index is 5.69. The minimum Gasteiger partial charge on any atom is -0.247 e. The van der Waals surface area contributed by atoms with E-state index in [0.717, 1.165) is 17.0 Å². The number of fused-ring (bicyclic) bond motifs is 11. The topological polar surface area (TPSA) is 12.9 Å². The molecular formula is C46H29N. The molecule has 1 heterocycles. The summed E-state index contributed by atoms with van der Waals surface area (Å²) in [4.78, 5) is 5.69. The van der Waals surface area contributed by atoms with Gasteiger partial charge in [0, 0.05) is 22.1 Å². The van der Waals surface area contributed by atoms with Crippen molar-refractivity contribution in [2.24, 2.45) is 0 Å². The van der Waals surface area contributed by atoms with Crippen molar-refractivity contribution in [3.05, 3.63) is 198 Å². The van der Waals surface area contributed by atoms with Crippen LogP contribution in [0.5, 0.6) is 0 Å². The summed E-state index contributed by atoms with van der Waals surface area (Å²) >= 11 is 0. The fraction of sp³-hybridized carbons (Fsp3) is 0.0217. The third-order valence-corrected chi connectivity index (χ3v) is 10.3. The predicted molar refractivity (Wildman–Crippen MR) is 197 cm³/mol. The van der Waals surface area contributed by atoms with Crippen LogP contribution in [0.3, 0.4) is 0 Å². The van der Waals surface area contributed by atoms with Crippen LogP contribution in [0.2, 0.25) is 0 Å². The van der Waals surface area contributed by atoms with Gasteiger partial charge in [0.15, 0.2) is 0 Å². The Morgan fingerprint density at radius 1 is 0.340 bits per heavy atom. The molecule has 0 N–H and O–H groups in total. The summed E-state index contributed by atoms with van der Waals surface area (Å²) in [5.41, 5.74) is 8.94. The molecule has 0 spiro atoms. The van der Waals surface area contributed by atoms with E-state index in [1.54, 1.807) is 0 Å². The monoisotopic (exact) mass is 595 g/mol. The molecule has 47 heavy (non-hydrogen) atoms. The van der Waals surface area contributed by atoms with Crippen LogP contribution in [0.15, 0.2) is 176 Å². The Kier molecular flexibility index (Phi) is 5.56. The summed E-state index contributed by atoms with van der Waals surface area (Å²) in [6.07, 6.45) is 0. The second-order valence-electron chi connectivity index (χ2n) is 12.6. The first-order chi connectivity index (χ1) is 23.3. The van der Waals surface area contributed by atoms with Gasteiger partial charge in [-0.3, -0.25) is 0 Å². The van der Waals surface area contributed by atoms with Crippen molar-refractivity contribution in [2.45, 2.75) is 5.41 Å². The molecule has 1 aliphatic rings. The fourth-order valence-corrected chi connectivity index (χ4v) is 8.41. The number of aromatic nitrogens is 1. The molecule has 218 valence electrons. The Hall–Kier alpha value is -6.05. The summed E-state index contributed by atoms with van der Waals surface area (Å²) in [6.45, 7) is 0. The van der Waals surface area contributed by atoms with Crippen LogP contribution >= 0.6 is 0 Å². The third kappa shape index (κ3) is 3.57. The van der Waals surface area contributed by atoms with Gasteiger partial charge in [0.05, 0.1) is 16.8 Å². The standard InChI is InChI=1S/C46H29N/c1-3-15-31(16-4-1)46(32-17-5-2-6-18-32)42-26-14-13-25-40(42)45-43(46)38-23-11-12-24-39(38)44(47-45)30-27-28-37-35-21-8-7-19-33(35)34-20-9-10-22-36(34)41(37)29-30/h1-29H. The summed E-state index contributed by atoms with van der Waals surface area (Å²) in [6, 6.07) is 64.2. The molecule has 0 saturated heterocycles. The first-order valence-corrected chi connectivity index (χ1v) is 16.3. The Balaban J connectivity index is 1.34. The molecule has 0 aliphatic heterocycles. The fourth-order valence-electron chi connectivity index (χ4n) is 8.41. The van der Waals surface area contributed by atoms with Crippen LogP contribution in [-0.2, 0) is 5.41 Å². The molecule has 8 aromatic carbocycles. The van der Waals surface area contributed by atoms with Gasteiger partial charge in [0.2, 0.25) is 0 Å². The van der Waals surface area contributed by atoms with E-state index < -0.39 is 5.41 Å². The molecule has 10 rings (SSSR count). The zero-order chi connectivity index (χ0) is 31.0. The SMILES string of the molecule is c1ccc(C2(c3ccccc3)c3ccccc3-c3nc(-c4ccc5c6ccccc6c6ccccc6c5c4)c4ccccc4c32)cc1. The maximum Gasteiger partial charge on any atom is 0.0788 e. The van der Waals surface area contributed by atoms with Crippen LogP contribution in [0, 0.1) is 0 Å². The second-order valence-corrected chi connectivity index (χ2v) is 12.6. The molecule has 0 atom stereocenters. The number of hydrogen-bond acceptors (Lipinski definition) is 1. The van der Waals surface area contributed by atoms with E-state index in [2.05, 4.69) is 176 Å². The van der Waals surface area contributed by atoms with E-state index in [0.29, 0.717) is 0 Å². The normalized spacial score (nSPS) is 13.3. The van der Waals surface area contributed by atoms with Crippen molar-refractivity contribution >= 4 is 43.1 Å². The number of benzene rings is 8. The third-order valence-electron chi connectivity index (χ3n) is 10.3. The first-order valence-electron chi connectivity index (χ1n) is 16.3. The van der Waals surface area contributed by atoms with E-state index in [1.807, 2.05) is 0 Å². The van der Waals surface area contributed by atoms with Crippen molar-refractivity contribution in [1.29, 1.82) is 0 Å². The summed E-state index contributed by atoms with van der Waals surface area (Å²) < 4.78 is 0. The lowest BCUT2D eigenvalue weighted by Gasteiger charge is -2.34. The van der Waals surface area contributed by atoms with Crippen molar-refractivity contribution in [2.75, 3.05) is 0 Å². The lowest BCUT2D eigenvalue weighted by Crippen LogP contribution is -2.29. The Morgan fingerprint density at radius 2 is 0.809 bits per heavy atom. The highest BCUT2D eigenvalue weighted by atomic mass is 14.8. The molecule has 0 saturated carbocycles. The highest BCUT2D eigenvalue weighted by Gasteiger charge is 2.48. The van der Waals surface area contributed by atoms with Gasteiger partial charge in [-0.1, -0.05) is 170 Å². The van der Waals surface area contributed by atoms with Gasteiger partial charge < -0.3 is 0 Å².